The van der Waals surface area contributed by atoms with Crippen molar-refractivity contribution in [2.24, 2.45) is 0 Å². The van der Waals surface area contributed by atoms with Gasteiger partial charge in [-0.1, -0.05) is 24.3 Å². The molecule has 0 aromatic heterocycles. The molecule has 4 nitrogen and oxygen atoms in total. The molecule has 5 heteroatoms. The molecule has 0 bridgehead atoms. The Hall–Kier alpha value is -2.14. The molecule has 1 amide bonds. The number of rotatable bonds is 6. The van der Waals surface area contributed by atoms with Crippen LogP contribution in [0.25, 0.3) is 0 Å². The highest BCUT2D eigenvalue weighted by molar-refractivity contribution is 7.84. The van der Waals surface area contributed by atoms with Crippen LogP contribution in [0, 0.1) is 0 Å². The highest BCUT2D eigenvalue weighted by Gasteiger charge is 2.07. The lowest BCUT2D eigenvalue weighted by molar-refractivity contribution is -0.119. The van der Waals surface area contributed by atoms with Crippen molar-refractivity contribution in [1.29, 1.82) is 0 Å². The average Bonchev–Trinajstić information content (AvgIpc) is 2.56. The van der Waals surface area contributed by atoms with Gasteiger partial charge in [0.05, 0.1) is 6.42 Å². The van der Waals surface area contributed by atoms with Crippen molar-refractivity contribution in [3.05, 3.63) is 59.7 Å². The Morgan fingerprint density at radius 2 is 1.70 bits per heavy atom. The van der Waals surface area contributed by atoms with Crippen LogP contribution >= 0.6 is 0 Å². The first-order valence-corrected chi connectivity index (χ1v) is 9.05. The summed E-state index contributed by atoms with van der Waals surface area (Å²) >= 11 is 0. The number of anilines is 1. The van der Waals surface area contributed by atoms with Gasteiger partial charge in [0.1, 0.15) is 0 Å². The lowest BCUT2D eigenvalue weighted by atomic mass is 10.1. The van der Waals surface area contributed by atoms with Crippen LogP contribution in [0.1, 0.15) is 24.1 Å². The molecule has 0 aliphatic rings. The van der Waals surface area contributed by atoms with Crippen LogP contribution in [0.4, 0.5) is 5.69 Å². The number of carbonyl (C=O) groups is 1. The molecule has 2 rings (SSSR count). The first-order chi connectivity index (χ1) is 11.0. The third kappa shape index (κ3) is 4.93. The van der Waals surface area contributed by atoms with E-state index >= 15 is 0 Å². The van der Waals surface area contributed by atoms with Crippen LogP contribution < -0.4 is 10.6 Å². The fourth-order valence-corrected chi connectivity index (χ4v) is 2.79. The summed E-state index contributed by atoms with van der Waals surface area (Å²) in [5.74, 6) is 0.00692. The van der Waals surface area contributed by atoms with Crippen LogP contribution in [-0.4, -0.2) is 23.4 Å². The molecule has 0 heterocycles. The molecule has 2 unspecified atom stereocenters. The zero-order valence-corrected chi connectivity index (χ0v) is 14.4. The smallest absolute Gasteiger partial charge is 0.224 e. The van der Waals surface area contributed by atoms with Crippen LogP contribution in [-0.2, 0) is 22.0 Å². The summed E-state index contributed by atoms with van der Waals surface area (Å²) < 4.78 is 11.4. The average molecular weight is 330 g/mol. The van der Waals surface area contributed by atoms with Crippen molar-refractivity contribution < 1.29 is 9.00 Å². The van der Waals surface area contributed by atoms with Gasteiger partial charge < -0.3 is 10.6 Å². The summed E-state index contributed by atoms with van der Waals surface area (Å²) in [6.07, 6.45) is 2.07. The monoisotopic (exact) mass is 330 g/mol. The molecule has 0 saturated carbocycles. The van der Waals surface area contributed by atoms with Gasteiger partial charge in [-0.25, -0.2) is 0 Å². The van der Waals surface area contributed by atoms with Crippen molar-refractivity contribution in [1.82, 2.24) is 5.32 Å². The molecule has 2 atom stereocenters. The van der Waals surface area contributed by atoms with Gasteiger partial charge in [0.2, 0.25) is 5.91 Å². The van der Waals surface area contributed by atoms with Gasteiger partial charge in [0.25, 0.3) is 0 Å². The van der Waals surface area contributed by atoms with Gasteiger partial charge in [-0.05, 0) is 42.3 Å². The highest BCUT2D eigenvalue weighted by atomic mass is 32.2. The van der Waals surface area contributed by atoms with Crippen LogP contribution in [0.5, 0.6) is 0 Å². The van der Waals surface area contributed by atoms with E-state index in [1.807, 2.05) is 48.5 Å². The molecule has 2 N–H and O–H groups in total. The quantitative estimate of drug-likeness (QED) is 0.856. The van der Waals surface area contributed by atoms with E-state index in [2.05, 4.69) is 17.6 Å². The Kier molecular flexibility index (Phi) is 5.93. The second-order valence-corrected chi connectivity index (χ2v) is 6.82. The molecule has 0 aliphatic heterocycles. The maximum atomic E-state index is 11.4. The van der Waals surface area contributed by atoms with Gasteiger partial charge in [0.15, 0.2) is 0 Å². The molecule has 23 heavy (non-hydrogen) atoms. The Bertz CT molecular complexity index is 681. The minimum Gasteiger partial charge on any atom is -0.379 e. The Morgan fingerprint density at radius 3 is 2.22 bits per heavy atom. The van der Waals surface area contributed by atoms with Crippen molar-refractivity contribution in [2.45, 2.75) is 24.3 Å². The number of hydrogen-bond donors (Lipinski definition) is 2. The van der Waals surface area contributed by atoms with E-state index in [9.17, 15) is 9.00 Å². The van der Waals surface area contributed by atoms with Crippen LogP contribution in [0.15, 0.2) is 53.4 Å². The number of nitrogens with one attached hydrogen (secondary N) is 2. The molecule has 0 fully saturated rings. The molecular weight excluding hydrogens is 308 g/mol. The van der Waals surface area contributed by atoms with E-state index in [1.54, 1.807) is 13.3 Å². The Morgan fingerprint density at radius 1 is 1.09 bits per heavy atom. The fraction of sp³-hybridized carbons (Fsp3) is 0.278. The van der Waals surface area contributed by atoms with Gasteiger partial charge >= 0.3 is 0 Å². The lowest BCUT2D eigenvalue weighted by Gasteiger charge is -2.16. The van der Waals surface area contributed by atoms with Gasteiger partial charge in [0, 0.05) is 40.7 Å². The summed E-state index contributed by atoms with van der Waals surface area (Å²) in [5, 5.41) is 6.04. The second-order valence-electron chi connectivity index (χ2n) is 5.44. The van der Waals surface area contributed by atoms with Crippen molar-refractivity contribution in [3.63, 3.8) is 0 Å². The molecule has 2 aromatic rings. The van der Waals surface area contributed by atoms with Gasteiger partial charge in [-0.2, -0.15) is 0 Å². The van der Waals surface area contributed by atoms with E-state index < -0.39 is 10.8 Å². The predicted molar refractivity (Wildman–Crippen MR) is 95.0 cm³/mol. The molecule has 0 radical (unpaired) electrons. The minimum atomic E-state index is -0.950. The molecule has 0 aliphatic carbocycles. The molecule has 0 spiro atoms. The number of carbonyl (C=O) groups excluding carboxylic acids is 1. The summed E-state index contributed by atoms with van der Waals surface area (Å²) in [7, 11) is 0.688. The molecule has 2 aromatic carbocycles. The molecular formula is C18H22N2O2S. The Labute approximate surface area is 139 Å². The summed E-state index contributed by atoms with van der Waals surface area (Å²) in [4.78, 5) is 12.2. The summed E-state index contributed by atoms with van der Waals surface area (Å²) in [6.45, 7) is 2.08. The number of likely N-dealkylation sites (N-methyl/N-ethyl adjacent to an activating group) is 1. The summed E-state index contributed by atoms with van der Waals surface area (Å²) in [6, 6.07) is 15.8. The molecule has 122 valence electrons. The maximum Gasteiger partial charge on any atom is 0.224 e. The Balaban J connectivity index is 2.00. The number of benzene rings is 2. The van der Waals surface area contributed by atoms with E-state index in [-0.39, 0.29) is 11.9 Å². The van der Waals surface area contributed by atoms with E-state index in [0.717, 1.165) is 21.7 Å². The first-order valence-electron chi connectivity index (χ1n) is 7.49. The third-order valence-electron chi connectivity index (χ3n) is 3.69. The van der Waals surface area contributed by atoms with Crippen molar-refractivity contribution >= 4 is 22.4 Å². The van der Waals surface area contributed by atoms with Crippen molar-refractivity contribution in [2.75, 3.05) is 18.6 Å². The van der Waals surface area contributed by atoms with E-state index in [0.29, 0.717) is 6.42 Å². The lowest BCUT2D eigenvalue weighted by Crippen LogP contribution is -2.19. The highest BCUT2D eigenvalue weighted by Crippen LogP contribution is 2.20. The van der Waals surface area contributed by atoms with Crippen LogP contribution in [0.3, 0.4) is 0 Å². The van der Waals surface area contributed by atoms with E-state index in [4.69, 9.17) is 0 Å². The topological polar surface area (TPSA) is 58.2 Å². The van der Waals surface area contributed by atoms with Gasteiger partial charge in [-0.3, -0.25) is 9.00 Å². The maximum absolute atomic E-state index is 11.4. The normalized spacial score (nSPS) is 13.2. The number of hydrogen-bond acceptors (Lipinski definition) is 3. The first kappa shape index (κ1) is 17.2. The standard InChI is InChI=1S/C18H22N2O2S/c1-13(15-6-10-17(11-7-15)23(3)22)20-16-8-4-14(5-9-16)12-18(21)19-2/h4-11,13,20H,12H2,1-3H3,(H,19,21). The third-order valence-corrected chi connectivity index (χ3v) is 4.63. The summed E-state index contributed by atoms with van der Waals surface area (Å²) in [5.41, 5.74) is 3.12. The SMILES string of the molecule is CNC(=O)Cc1ccc(NC(C)c2ccc(S(C)=O)cc2)cc1. The zero-order valence-electron chi connectivity index (χ0n) is 13.6. The zero-order chi connectivity index (χ0) is 16.8. The van der Waals surface area contributed by atoms with Crippen LogP contribution in [0.2, 0.25) is 0 Å². The minimum absolute atomic E-state index is 0.00692. The predicted octanol–water partition coefficient (Wildman–Crippen LogP) is 2.89. The largest absolute Gasteiger partial charge is 0.379 e. The number of amides is 1. The van der Waals surface area contributed by atoms with E-state index in [1.165, 1.54) is 0 Å². The van der Waals surface area contributed by atoms with Crippen molar-refractivity contribution in [3.8, 4) is 0 Å². The second kappa shape index (κ2) is 7.92. The fourth-order valence-electron chi connectivity index (χ4n) is 2.27. The van der Waals surface area contributed by atoms with Gasteiger partial charge in [-0.15, -0.1) is 0 Å². The molecule has 0 saturated heterocycles.